The van der Waals surface area contributed by atoms with Gasteiger partial charge in [-0.15, -0.1) is 0 Å². The van der Waals surface area contributed by atoms with Crippen LogP contribution in [0, 0.1) is 0 Å². The molecule has 4 N–H and O–H groups in total. The van der Waals surface area contributed by atoms with Crippen LogP contribution in [0.1, 0.15) is 36.0 Å². The number of carbonyl (C=O) groups excluding carboxylic acids is 2. The Morgan fingerprint density at radius 1 is 0.966 bits per heavy atom. The Morgan fingerprint density at radius 2 is 1.69 bits per heavy atom. The minimum atomic E-state index is -0.605. The molecule has 2 amide bonds. The van der Waals surface area contributed by atoms with Crippen molar-refractivity contribution < 1.29 is 9.59 Å². The molecule has 0 radical (unpaired) electrons. The molecule has 0 aliphatic heterocycles. The molecule has 8 nitrogen and oxygen atoms in total. The predicted molar refractivity (Wildman–Crippen MR) is 111 cm³/mol. The van der Waals surface area contributed by atoms with Gasteiger partial charge in [0.05, 0.1) is 22.2 Å². The number of para-hydroxylation sites is 2. The molecule has 0 saturated carbocycles. The van der Waals surface area contributed by atoms with Gasteiger partial charge in [-0.25, -0.2) is 4.79 Å². The van der Waals surface area contributed by atoms with Crippen LogP contribution >= 0.6 is 0 Å². The fourth-order valence-corrected chi connectivity index (χ4v) is 3.15. The standard InChI is InChI=1S/C21H22N4O4/c22-19(27)14-8-3-5-10-16(14)23-18(26)12-2-1-7-13-25-20(28)15-9-4-6-11-17(15)24-21(25)29/h3-6,8-11H,1-2,7,12-13H2,(H2,22,27)(H,23,26)(H,24,29). The first-order valence-corrected chi connectivity index (χ1v) is 9.38. The number of H-pyrrole nitrogens is 1. The number of benzene rings is 2. The van der Waals surface area contributed by atoms with Gasteiger partial charge in [-0.3, -0.25) is 19.0 Å². The maximum Gasteiger partial charge on any atom is 0.328 e. The lowest BCUT2D eigenvalue weighted by Crippen LogP contribution is -2.35. The van der Waals surface area contributed by atoms with Gasteiger partial charge in [0.2, 0.25) is 5.91 Å². The van der Waals surface area contributed by atoms with Crippen molar-refractivity contribution in [2.75, 3.05) is 5.32 Å². The molecule has 1 heterocycles. The summed E-state index contributed by atoms with van der Waals surface area (Å²) in [5, 5.41) is 3.16. The van der Waals surface area contributed by atoms with Crippen molar-refractivity contribution >= 4 is 28.4 Å². The number of nitrogens with two attached hydrogens (primary N) is 1. The van der Waals surface area contributed by atoms with Crippen molar-refractivity contribution in [1.82, 2.24) is 9.55 Å². The number of nitrogens with one attached hydrogen (secondary N) is 2. The van der Waals surface area contributed by atoms with E-state index in [9.17, 15) is 19.2 Å². The molecule has 1 aromatic heterocycles. The highest BCUT2D eigenvalue weighted by Gasteiger charge is 2.10. The van der Waals surface area contributed by atoms with Crippen molar-refractivity contribution in [3.05, 3.63) is 74.9 Å². The molecule has 0 aliphatic rings. The molecule has 0 spiro atoms. The van der Waals surface area contributed by atoms with E-state index in [2.05, 4.69) is 10.3 Å². The van der Waals surface area contributed by atoms with E-state index < -0.39 is 11.6 Å². The van der Waals surface area contributed by atoms with Gasteiger partial charge in [0.25, 0.3) is 11.5 Å². The van der Waals surface area contributed by atoms with E-state index in [4.69, 9.17) is 5.73 Å². The third-order valence-electron chi connectivity index (χ3n) is 4.64. The number of amides is 2. The van der Waals surface area contributed by atoms with E-state index >= 15 is 0 Å². The minimum Gasteiger partial charge on any atom is -0.366 e. The molecular weight excluding hydrogens is 372 g/mol. The van der Waals surface area contributed by atoms with Gasteiger partial charge in [-0.1, -0.05) is 30.7 Å². The average molecular weight is 394 g/mol. The van der Waals surface area contributed by atoms with Gasteiger partial charge in [-0.05, 0) is 37.1 Å². The lowest BCUT2D eigenvalue weighted by molar-refractivity contribution is -0.116. The van der Waals surface area contributed by atoms with Crippen LogP contribution in [0.5, 0.6) is 0 Å². The Bertz CT molecular complexity index is 1160. The Morgan fingerprint density at radius 3 is 2.48 bits per heavy atom. The molecule has 0 atom stereocenters. The molecule has 3 aromatic rings. The maximum atomic E-state index is 12.5. The number of anilines is 1. The first-order valence-electron chi connectivity index (χ1n) is 9.38. The molecule has 150 valence electrons. The molecule has 8 heteroatoms. The monoisotopic (exact) mass is 394 g/mol. The number of aromatic nitrogens is 2. The highest BCUT2D eigenvalue weighted by atomic mass is 16.2. The summed E-state index contributed by atoms with van der Waals surface area (Å²) in [5.74, 6) is -0.827. The zero-order chi connectivity index (χ0) is 20.8. The molecule has 0 saturated heterocycles. The topological polar surface area (TPSA) is 127 Å². The average Bonchev–Trinajstić information content (AvgIpc) is 2.70. The number of nitrogens with zero attached hydrogens (tertiary/aromatic N) is 1. The number of rotatable bonds is 8. The highest BCUT2D eigenvalue weighted by molar-refractivity contribution is 6.02. The quantitative estimate of drug-likeness (QED) is 0.505. The molecule has 3 rings (SSSR count). The van der Waals surface area contributed by atoms with E-state index in [1.807, 2.05) is 0 Å². The second-order valence-corrected chi connectivity index (χ2v) is 6.70. The van der Waals surface area contributed by atoms with E-state index in [1.165, 1.54) is 4.57 Å². The summed E-state index contributed by atoms with van der Waals surface area (Å²) in [6, 6.07) is 13.4. The summed E-state index contributed by atoms with van der Waals surface area (Å²) in [6.45, 7) is 0.283. The van der Waals surface area contributed by atoms with Gasteiger partial charge in [0.15, 0.2) is 0 Å². The van der Waals surface area contributed by atoms with Crippen LogP contribution in [0.3, 0.4) is 0 Å². The van der Waals surface area contributed by atoms with Crippen molar-refractivity contribution in [2.24, 2.45) is 5.73 Å². The maximum absolute atomic E-state index is 12.5. The zero-order valence-electron chi connectivity index (χ0n) is 15.8. The molecule has 0 fully saturated rings. The Labute approximate surface area is 166 Å². The first-order chi connectivity index (χ1) is 14.0. The molecule has 29 heavy (non-hydrogen) atoms. The molecule has 2 aromatic carbocycles. The lowest BCUT2D eigenvalue weighted by Gasteiger charge is -2.09. The summed E-state index contributed by atoms with van der Waals surface area (Å²) in [7, 11) is 0. The number of primary amides is 1. The predicted octanol–water partition coefficient (Wildman–Crippen LogP) is 1.99. The number of hydrogen-bond acceptors (Lipinski definition) is 4. The Hall–Kier alpha value is -3.68. The van der Waals surface area contributed by atoms with Crippen LogP contribution < -0.4 is 22.3 Å². The van der Waals surface area contributed by atoms with Gasteiger partial charge in [0, 0.05) is 13.0 Å². The summed E-state index contributed by atoms with van der Waals surface area (Å²) in [6.07, 6.45) is 2.11. The van der Waals surface area contributed by atoms with Crippen molar-refractivity contribution in [3.63, 3.8) is 0 Å². The highest BCUT2D eigenvalue weighted by Crippen LogP contribution is 2.15. The third kappa shape index (κ3) is 4.78. The number of fused-ring (bicyclic) bond motifs is 1. The van der Waals surface area contributed by atoms with Crippen LogP contribution in [0.15, 0.2) is 58.1 Å². The van der Waals surface area contributed by atoms with Crippen LogP contribution in [0.25, 0.3) is 10.9 Å². The van der Waals surface area contributed by atoms with Crippen LogP contribution in [-0.2, 0) is 11.3 Å². The Kier molecular flexibility index (Phi) is 6.23. The van der Waals surface area contributed by atoms with E-state index in [0.29, 0.717) is 35.9 Å². The number of hydrogen-bond donors (Lipinski definition) is 3. The van der Waals surface area contributed by atoms with Gasteiger partial charge in [0.1, 0.15) is 0 Å². The summed E-state index contributed by atoms with van der Waals surface area (Å²) in [4.78, 5) is 50.8. The minimum absolute atomic E-state index is 0.223. The van der Waals surface area contributed by atoms with Crippen molar-refractivity contribution in [1.29, 1.82) is 0 Å². The summed E-state index contributed by atoms with van der Waals surface area (Å²) >= 11 is 0. The van der Waals surface area contributed by atoms with E-state index in [1.54, 1.807) is 48.5 Å². The smallest absolute Gasteiger partial charge is 0.328 e. The molecule has 0 unspecified atom stereocenters. The van der Waals surface area contributed by atoms with Crippen LogP contribution in [0.2, 0.25) is 0 Å². The van der Waals surface area contributed by atoms with Crippen LogP contribution in [-0.4, -0.2) is 21.4 Å². The van der Waals surface area contributed by atoms with Gasteiger partial charge < -0.3 is 16.0 Å². The summed E-state index contributed by atoms with van der Waals surface area (Å²) in [5.41, 5.74) is 5.72. The van der Waals surface area contributed by atoms with Crippen molar-refractivity contribution in [2.45, 2.75) is 32.2 Å². The normalized spacial score (nSPS) is 10.8. The van der Waals surface area contributed by atoms with Crippen LogP contribution in [0.4, 0.5) is 5.69 Å². The SMILES string of the molecule is NC(=O)c1ccccc1NC(=O)CCCCCn1c(=O)[nH]c2ccccc2c1=O. The van der Waals surface area contributed by atoms with Gasteiger partial charge in [-0.2, -0.15) is 0 Å². The zero-order valence-corrected chi connectivity index (χ0v) is 15.8. The van der Waals surface area contributed by atoms with Crippen molar-refractivity contribution in [3.8, 4) is 0 Å². The van der Waals surface area contributed by atoms with E-state index in [-0.39, 0.29) is 30.0 Å². The van der Waals surface area contributed by atoms with E-state index in [0.717, 1.165) is 0 Å². The second kappa shape index (κ2) is 9.01. The second-order valence-electron chi connectivity index (χ2n) is 6.70. The fraction of sp³-hybridized carbons (Fsp3) is 0.238. The number of unbranched alkanes of at least 4 members (excludes halogenated alkanes) is 2. The lowest BCUT2D eigenvalue weighted by atomic mass is 10.1. The molecular formula is C21H22N4O4. The largest absolute Gasteiger partial charge is 0.366 e. The Balaban J connectivity index is 1.51. The number of aromatic amines is 1. The third-order valence-corrected chi connectivity index (χ3v) is 4.64. The summed E-state index contributed by atoms with van der Waals surface area (Å²) < 4.78 is 1.19. The molecule has 0 bridgehead atoms. The first kappa shape index (κ1) is 20.1. The number of carbonyl (C=O) groups is 2. The molecule has 0 aliphatic carbocycles. The fourth-order valence-electron chi connectivity index (χ4n) is 3.15. The van der Waals surface area contributed by atoms with Gasteiger partial charge >= 0.3 is 5.69 Å².